The van der Waals surface area contributed by atoms with E-state index in [9.17, 15) is 0 Å². The summed E-state index contributed by atoms with van der Waals surface area (Å²) in [7, 11) is 1.63. The average molecular weight is 280 g/mol. The number of hydrogen-bond acceptors (Lipinski definition) is 4. The lowest BCUT2D eigenvalue weighted by molar-refractivity contribution is 0.414. The Hall–Kier alpha value is -2.66. The summed E-state index contributed by atoms with van der Waals surface area (Å²) in [6.07, 6.45) is 0. The third-order valence-corrected chi connectivity index (χ3v) is 3.28. The zero-order chi connectivity index (χ0) is 14.7. The number of ether oxygens (including phenoxy) is 1. The van der Waals surface area contributed by atoms with Gasteiger partial charge in [-0.25, -0.2) is 4.98 Å². The van der Waals surface area contributed by atoms with Crippen molar-refractivity contribution in [3.63, 3.8) is 0 Å². The smallest absolute Gasteiger partial charge is 0.181 e. The van der Waals surface area contributed by atoms with Gasteiger partial charge >= 0.3 is 0 Å². The highest BCUT2D eigenvalue weighted by Gasteiger charge is 2.15. The molecule has 0 radical (unpaired) electrons. The first-order valence-corrected chi connectivity index (χ1v) is 6.65. The fraction of sp³-hybridized carbons (Fsp3) is 0.125. The molecule has 0 aliphatic heterocycles. The van der Waals surface area contributed by atoms with Crippen molar-refractivity contribution in [2.75, 3.05) is 7.11 Å². The molecule has 0 aliphatic rings. The molecule has 0 spiro atoms. The summed E-state index contributed by atoms with van der Waals surface area (Å²) in [5, 5.41) is 7.14. The van der Waals surface area contributed by atoms with Crippen molar-refractivity contribution in [1.82, 2.24) is 15.2 Å². The van der Waals surface area contributed by atoms with Crippen LogP contribution < -0.4 is 10.5 Å². The first-order valence-electron chi connectivity index (χ1n) is 6.65. The van der Waals surface area contributed by atoms with Crippen LogP contribution in [0.1, 0.15) is 17.4 Å². The van der Waals surface area contributed by atoms with E-state index in [0.717, 1.165) is 16.9 Å². The summed E-state index contributed by atoms with van der Waals surface area (Å²) in [5.41, 5.74) is 8.12. The number of nitrogens with one attached hydrogen (secondary N) is 1. The van der Waals surface area contributed by atoms with Crippen LogP contribution in [0.2, 0.25) is 0 Å². The molecule has 5 heteroatoms. The number of aromatic amines is 1. The molecular weight excluding hydrogens is 264 g/mol. The van der Waals surface area contributed by atoms with Gasteiger partial charge in [0.15, 0.2) is 5.82 Å². The van der Waals surface area contributed by atoms with Gasteiger partial charge in [-0.15, -0.1) is 0 Å². The Labute approximate surface area is 122 Å². The monoisotopic (exact) mass is 280 g/mol. The molecule has 5 nitrogen and oxygen atoms in total. The molecule has 0 saturated carbocycles. The summed E-state index contributed by atoms with van der Waals surface area (Å²) < 4.78 is 5.21. The summed E-state index contributed by atoms with van der Waals surface area (Å²) >= 11 is 0. The molecule has 3 rings (SSSR count). The van der Waals surface area contributed by atoms with E-state index < -0.39 is 0 Å². The molecule has 0 aliphatic carbocycles. The van der Waals surface area contributed by atoms with Crippen molar-refractivity contribution < 1.29 is 4.74 Å². The van der Waals surface area contributed by atoms with Crippen LogP contribution in [0.5, 0.6) is 5.75 Å². The van der Waals surface area contributed by atoms with Crippen LogP contribution in [0.25, 0.3) is 11.4 Å². The van der Waals surface area contributed by atoms with E-state index in [2.05, 4.69) is 15.2 Å². The fourth-order valence-corrected chi connectivity index (χ4v) is 2.12. The van der Waals surface area contributed by atoms with Crippen molar-refractivity contribution in [1.29, 1.82) is 0 Å². The molecule has 21 heavy (non-hydrogen) atoms. The van der Waals surface area contributed by atoms with Gasteiger partial charge in [-0.2, -0.15) is 5.10 Å². The normalized spacial score (nSPS) is 12.1. The zero-order valence-electron chi connectivity index (χ0n) is 11.7. The predicted molar refractivity (Wildman–Crippen MR) is 80.8 cm³/mol. The number of H-pyrrole nitrogens is 1. The highest BCUT2D eigenvalue weighted by Crippen LogP contribution is 2.22. The quantitative estimate of drug-likeness (QED) is 0.770. The van der Waals surface area contributed by atoms with E-state index in [0.29, 0.717) is 11.6 Å². The van der Waals surface area contributed by atoms with Gasteiger partial charge in [0, 0.05) is 5.56 Å². The molecule has 1 heterocycles. The van der Waals surface area contributed by atoms with Gasteiger partial charge in [-0.3, -0.25) is 5.10 Å². The maximum absolute atomic E-state index is 6.24. The molecule has 106 valence electrons. The van der Waals surface area contributed by atoms with Crippen molar-refractivity contribution in [2.45, 2.75) is 6.04 Å². The maximum atomic E-state index is 6.24. The Morgan fingerprint density at radius 3 is 2.67 bits per heavy atom. The topological polar surface area (TPSA) is 76.8 Å². The average Bonchev–Trinajstić information content (AvgIpc) is 3.05. The van der Waals surface area contributed by atoms with Gasteiger partial charge < -0.3 is 10.5 Å². The van der Waals surface area contributed by atoms with E-state index in [1.54, 1.807) is 7.11 Å². The van der Waals surface area contributed by atoms with E-state index >= 15 is 0 Å². The highest BCUT2D eigenvalue weighted by atomic mass is 16.5. The van der Waals surface area contributed by atoms with E-state index in [1.807, 2.05) is 54.6 Å². The number of methoxy groups -OCH3 is 1. The van der Waals surface area contributed by atoms with Gasteiger partial charge in [0.25, 0.3) is 0 Å². The van der Waals surface area contributed by atoms with Crippen molar-refractivity contribution in [2.24, 2.45) is 5.73 Å². The third kappa shape index (κ3) is 2.78. The summed E-state index contributed by atoms with van der Waals surface area (Å²) in [4.78, 5) is 4.48. The van der Waals surface area contributed by atoms with E-state index in [1.165, 1.54) is 0 Å². The minimum atomic E-state index is -0.370. The second-order valence-corrected chi connectivity index (χ2v) is 4.66. The molecule has 0 bridgehead atoms. The number of rotatable bonds is 4. The SMILES string of the molecule is COc1cccc([C@@H](N)c2nc(-c3ccccc3)n[nH]2)c1. The third-order valence-electron chi connectivity index (χ3n) is 3.28. The first-order chi connectivity index (χ1) is 10.3. The predicted octanol–water partition coefficient (Wildman–Crippen LogP) is 2.53. The van der Waals surface area contributed by atoms with Gasteiger partial charge in [-0.05, 0) is 17.7 Å². The lowest BCUT2D eigenvalue weighted by Crippen LogP contribution is -2.13. The molecule has 0 amide bonds. The van der Waals surface area contributed by atoms with E-state index in [-0.39, 0.29) is 6.04 Å². The number of nitrogens with zero attached hydrogens (tertiary/aromatic N) is 2. The minimum absolute atomic E-state index is 0.370. The molecule has 1 atom stereocenters. The van der Waals surface area contributed by atoms with Crippen LogP contribution in [0.15, 0.2) is 54.6 Å². The number of nitrogens with two attached hydrogens (primary N) is 1. The Balaban J connectivity index is 1.88. The standard InChI is InChI=1S/C16H16N4O/c1-21-13-9-5-8-12(10-13)14(17)16-18-15(19-20-16)11-6-3-2-4-7-11/h2-10,14H,17H2,1H3,(H,18,19,20)/t14-/m1/s1. The number of hydrogen-bond donors (Lipinski definition) is 2. The largest absolute Gasteiger partial charge is 0.497 e. The molecule has 0 saturated heterocycles. The van der Waals surface area contributed by atoms with Crippen LogP contribution in [0.4, 0.5) is 0 Å². The van der Waals surface area contributed by atoms with Crippen molar-refractivity contribution >= 4 is 0 Å². The lowest BCUT2D eigenvalue weighted by Gasteiger charge is -2.09. The van der Waals surface area contributed by atoms with Crippen LogP contribution in [0, 0.1) is 0 Å². The summed E-state index contributed by atoms with van der Waals surface area (Å²) in [5.74, 6) is 2.04. The molecule has 1 aromatic heterocycles. The second-order valence-electron chi connectivity index (χ2n) is 4.66. The van der Waals surface area contributed by atoms with Crippen LogP contribution >= 0.6 is 0 Å². The van der Waals surface area contributed by atoms with Gasteiger partial charge in [-0.1, -0.05) is 42.5 Å². The minimum Gasteiger partial charge on any atom is -0.497 e. The molecule has 0 unspecified atom stereocenters. The Kier molecular flexibility index (Phi) is 3.66. The van der Waals surface area contributed by atoms with Crippen molar-refractivity contribution in [3.8, 4) is 17.1 Å². The van der Waals surface area contributed by atoms with Crippen LogP contribution in [-0.2, 0) is 0 Å². The van der Waals surface area contributed by atoms with Crippen LogP contribution in [0.3, 0.4) is 0 Å². The number of aromatic nitrogens is 3. The van der Waals surface area contributed by atoms with E-state index in [4.69, 9.17) is 10.5 Å². The van der Waals surface area contributed by atoms with Crippen LogP contribution in [-0.4, -0.2) is 22.3 Å². The molecule has 2 aromatic carbocycles. The number of benzene rings is 2. The Morgan fingerprint density at radius 2 is 1.90 bits per heavy atom. The summed E-state index contributed by atoms with van der Waals surface area (Å²) in [6, 6.07) is 17.0. The van der Waals surface area contributed by atoms with Gasteiger partial charge in [0.2, 0.25) is 0 Å². The molecule has 3 aromatic rings. The Morgan fingerprint density at radius 1 is 1.10 bits per heavy atom. The van der Waals surface area contributed by atoms with Gasteiger partial charge in [0.1, 0.15) is 11.6 Å². The fourth-order valence-electron chi connectivity index (χ4n) is 2.12. The van der Waals surface area contributed by atoms with Crippen molar-refractivity contribution in [3.05, 3.63) is 66.0 Å². The zero-order valence-corrected chi connectivity index (χ0v) is 11.7. The first kappa shape index (κ1) is 13.3. The summed E-state index contributed by atoms with van der Waals surface area (Å²) in [6.45, 7) is 0. The maximum Gasteiger partial charge on any atom is 0.181 e. The second kappa shape index (κ2) is 5.76. The molecule has 0 fully saturated rings. The Bertz CT molecular complexity index is 724. The van der Waals surface area contributed by atoms with Gasteiger partial charge in [0.05, 0.1) is 13.2 Å². The molecular formula is C16H16N4O. The lowest BCUT2D eigenvalue weighted by atomic mass is 10.1. The highest BCUT2D eigenvalue weighted by molar-refractivity contribution is 5.54. The molecule has 3 N–H and O–H groups in total.